The molecule has 4 heteroatoms. The van der Waals surface area contributed by atoms with Gasteiger partial charge in [0.05, 0.1) is 0 Å². The van der Waals surface area contributed by atoms with E-state index in [-0.39, 0.29) is 24.0 Å². The van der Waals surface area contributed by atoms with Crippen molar-refractivity contribution in [2.24, 2.45) is 10.7 Å². The molecule has 0 saturated carbocycles. The van der Waals surface area contributed by atoms with Gasteiger partial charge in [-0.3, -0.25) is 4.99 Å². The zero-order valence-corrected chi connectivity index (χ0v) is 13.6. The molecule has 0 saturated heterocycles. The first-order valence-electron chi connectivity index (χ1n) is 6.31. The summed E-state index contributed by atoms with van der Waals surface area (Å²) in [5.41, 5.74) is 8.38. The molecule has 1 aromatic carbocycles. The standard InChI is InChI=1S/C14H23N3.HI/c1-3-4-9-16-14(15)17-10-8-13-7-5-6-12(2)11-13;/h5-7,11H,3-4,8-10H2,1-2H3,(H3,15,16,17);1H. The van der Waals surface area contributed by atoms with Crippen molar-refractivity contribution in [1.29, 1.82) is 0 Å². The van der Waals surface area contributed by atoms with E-state index in [0.29, 0.717) is 5.96 Å². The van der Waals surface area contributed by atoms with Crippen molar-refractivity contribution in [3.05, 3.63) is 35.4 Å². The van der Waals surface area contributed by atoms with Crippen molar-refractivity contribution in [2.45, 2.75) is 33.1 Å². The fourth-order valence-electron chi connectivity index (χ4n) is 1.62. The molecule has 0 heterocycles. The monoisotopic (exact) mass is 361 g/mol. The molecule has 0 aliphatic heterocycles. The van der Waals surface area contributed by atoms with E-state index in [0.717, 1.165) is 32.4 Å². The molecule has 3 nitrogen and oxygen atoms in total. The predicted molar refractivity (Wildman–Crippen MR) is 89.7 cm³/mol. The smallest absolute Gasteiger partial charge is 0.188 e. The lowest BCUT2D eigenvalue weighted by molar-refractivity contribution is 0.791. The van der Waals surface area contributed by atoms with Gasteiger partial charge in [-0.25, -0.2) is 0 Å². The molecule has 0 radical (unpaired) electrons. The van der Waals surface area contributed by atoms with E-state index >= 15 is 0 Å². The van der Waals surface area contributed by atoms with E-state index in [9.17, 15) is 0 Å². The Hall–Kier alpha value is -0.780. The minimum atomic E-state index is 0. The van der Waals surface area contributed by atoms with Gasteiger partial charge in [0, 0.05) is 13.1 Å². The first-order chi connectivity index (χ1) is 8.22. The maximum Gasteiger partial charge on any atom is 0.188 e. The SMILES string of the molecule is CCCCN=C(N)NCCc1cccc(C)c1.I. The van der Waals surface area contributed by atoms with Crippen molar-refractivity contribution in [1.82, 2.24) is 5.32 Å². The number of hydrogen-bond donors (Lipinski definition) is 2. The first kappa shape index (κ1) is 17.2. The number of aliphatic imine (C=N–C) groups is 1. The highest BCUT2D eigenvalue weighted by molar-refractivity contribution is 14.0. The van der Waals surface area contributed by atoms with Gasteiger partial charge in [0.1, 0.15) is 0 Å². The topological polar surface area (TPSA) is 50.4 Å². The van der Waals surface area contributed by atoms with Crippen LogP contribution in [-0.2, 0) is 6.42 Å². The van der Waals surface area contributed by atoms with Gasteiger partial charge in [0.2, 0.25) is 0 Å². The fraction of sp³-hybridized carbons (Fsp3) is 0.500. The lowest BCUT2D eigenvalue weighted by Gasteiger charge is -2.06. The molecule has 3 N–H and O–H groups in total. The highest BCUT2D eigenvalue weighted by Gasteiger charge is 1.94. The van der Waals surface area contributed by atoms with E-state index in [4.69, 9.17) is 5.73 Å². The summed E-state index contributed by atoms with van der Waals surface area (Å²) in [6.45, 7) is 5.92. The largest absolute Gasteiger partial charge is 0.370 e. The third kappa shape index (κ3) is 7.53. The summed E-state index contributed by atoms with van der Waals surface area (Å²) in [5, 5.41) is 3.14. The van der Waals surface area contributed by atoms with Crippen LogP contribution >= 0.6 is 24.0 Å². The highest BCUT2D eigenvalue weighted by Crippen LogP contribution is 2.03. The number of nitrogens with one attached hydrogen (secondary N) is 1. The van der Waals surface area contributed by atoms with E-state index in [1.54, 1.807) is 0 Å². The average Bonchev–Trinajstić information content (AvgIpc) is 2.29. The molecule has 0 aliphatic rings. The number of aryl methyl sites for hydroxylation is 1. The van der Waals surface area contributed by atoms with Crippen LogP contribution in [0.15, 0.2) is 29.3 Å². The molecule has 0 aromatic heterocycles. The van der Waals surface area contributed by atoms with Crippen LogP contribution in [0.1, 0.15) is 30.9 Å². The summed E-state index contributed by atoms with van der Waals surface area (Å²) < 4.78 is 0. The Balaban J connectivity index is 0.00000289. The molecule has 0 amide bonds. The normalized spacial score (nSPS) is 10.9. The van der Waals surface area contributed by atoms with Crippen LogP contribution in [0.25, 0.3) is 0 Å². The molecule has 1 aromatic rings. The second kappa shape index (κ2) is 10.2. The second-order valence-corrected chi connectivity index (χ2v) is 4.29. The summed E-state index contributed by atoms with van der Waals surface area (Å²) >= 11 is 0. The van der Waals surface area contributed by atoms with Gasteiger partial charge in [-0.2, -0.15) is 0 Å². The fourth-order valence-corrected chi connectivity index (χ4v) is 1.62. The zero-order valence-electron chi connectivity index (χ0n) is 11.3. The molecule has 0 unspecified atom stereocenters. The van der Waals surface area contributed by atoms with Crippen LogP contribution in [0, 0.1) is 6.92 Å². The molecule has 0 spiro atoms. The Morgan fingerprint density at radius 3 is 2.83 bits per heavy atom. The van der Waals surface area contributed by atoms with Crippen molar-refractivity contribution in [3.63, 3.8) is 0 Å². The van der Waals surface area contributed by atoms with Crippen molar-refractivity contribution < 1.29 is 0 Å². The van der Waals surface area contributed by atoms with Gasteiger partial charge < -0.3 is 11.1 Å². The van der Waals surface area contributed by atoms with E-state index < -0.39 is 0 Å². The molecule has 18 heavy (non-hydrogen) atoms. The van der Waals surface area contributed by atoms with Gasteiger partial charge in [0.15, 0.2) is 5.96 Å². The minimum Gasteiger partial charge on any atom is -0.370 e. The van der Waals surface area contributed by atoms with E-state index in [1.807, 2.05) is 0 Å². The average molecular weight is 361 g/mol. The van der Waals surface area contributed by atoms with Crippen molar-refractivity contribution in [3.8, 4) is 0 Å². The van der Waals surface area contributed by atoms with Gasteiger partial charge in [-0.15, -0.1) is 24.0 Å². The van der Waals surface area contributed by atoms with Crippen molar-refractivity contribution in [2.75, 3.05) is 13.1 Å². The van der Waals surface area contributed by atoms with E-state index in [2.05, 4.69) is 48.4 Å². The number of halogens is 1. The lowest BCUT2D eigenvalue weighted by atomic mass is 10.1. The number of benzene rings is 1. The second-order valence-electron chi connectivity index (χ2n) is 4.29. The van der Waals surface area contributed by atoms with Gasteiger partial charge in [0.25, 0.3) is 0 Å². The Morgan fingerprint density at radius 1 is 1.39 bits per heavy atom. The lowest BCUT2D eigenvalue weighted by Crippen LogP contribution is -2.33. The van der Waals surface area contributed by atoms with Crippen LogP contribution in [0.5, 0.6) is 0 Å². The maximum absolute atomic E-state index is 5.75. The first-order valence-corrected chi connectivity index (χ1v) is 6.31. The molecular weight excluding hydrogens is 337 g/mol. The molecule has 1 rings (SSSR count). The Kier molecular flexibility index (Phi) is 9.73. The summed E-state index contributed by atoms with van der Waals surface area (Å²) in [6.07, 6.45) is 3.23. The highest BCUT2D eigenvalue weighted by atomic mass is 127. The number of unbranched alkanes of at least 4 members (excludes halogenated alkanes) is 1. The number of guanidine groups is 1. The number of nitrogens with zero attached hydrogens (tertiary/aromatic N) is 1. The summed E-state index contributed by atoms with van der Waals surface area (Å²) in [5.74, 6) is 0.561. The van der Waals surface area contributed by atoms with Crippen LogP contribution in [0.3, 0.4) is 0 Å². The Morgan fingerprint density at radius 2 is 2.17 bits per heavy atom. The number of hydrogen-bond acceptors (Lipinski definition) is 1. The molecule has 0 aliphatic carbocycles. The quantitative estimate of drug-likeness (QED) is 0.354. The number of rotatable bonds is 6. The van der Waals surface area contributed by atoms with Gasteiger partial charge >= 0.3 is 0 Å². The molecule has 0 bridgehead atoms. The van der Waals surface area contributed by atoms with Crippen LogP contribution < -0.4 is 11.1 Å². The summed E-state index contributed by atoms with van der Waals surface area (Å²) in [4.78, 5) is 4.25. The summed E-state index contributed by atoms with van der Waals surface area (Å²) in [7, 11) is 0. The van der Waals surface area contributed by atoms with Gasteiger partial charge in [-0.1, -0.05) is 43.2 Å². The van der Waals surface area contributed by atoms with Crippen LogP contribution in [-0.4, -0.2) is 19.0 Å². The number of nitrogens with two attached hydrogens (primary N) is 1. The Bertz CT molecular complexity index is 364. The predicted octanol–water partition coefficient (Wildman–Crippen LogP) is 2.86. The van der Waals surface area contributed by atoms with E-state index in [1.165, 1.54) is 11.1 Å². The molecule has 0 atom stereocenters. The third-order valence-corrected chi connectivity index (χ3v) is 2.60. The van der Waals surface area contributed by atoms with Crippen molar-refractivity contribution >= 4 is 29.9 Å². The molecular formula is C14H24IN3. The zero-order chi connectivity index (χ0) is 12.5. The minimum absolute atomic E-state index is 0. The van der Waals surface area contributed by atoms with Crippen LogP contribution in [0.2, 0.25) is 0 Å². The summed E-state index contributed by atoms with van der Waals surface area (Å²) in [6, 6.07) is 8.53. The Labute approximate surface area is 127 Å². The van der Waals surface area contributed by atoms with Gasteiger partial charge in [-0.05, 0) is 25.3 Å². The third-order valence-electron chi connectivity index (χ3n) is 2.60. The molecule has 0 fully saturated rings. The van der Waals surface area contributed by atoms with Crippen LogP contribution in [0.4, 0.5) is 0 Å². The molecule has 102 valence electrons. The maximum atomic E-state index is 5.75.